The number of rotatable bonds is 6. The number of urea groups is 2. The van der Waals surface area contributed by atoms with Crippen LogP contribution in [0.25, 0.3) is 0 Å². The number of hydrogen-bond donors (Lipinski definition) is 6. The van der Waals surface area contributed by atoms with E-state index in [0.29, 0.717) is 37.1 Å². The summed E-state index contributed by atoms with van der Waals surface area (Å²) in [7, 11) is 2.63. The van der Waals surface area contributed by atoms with Crippen molar-refractivity contribution in [1.29, 1.82) is 0 Å². The third kappa shape index (κ3) is 7.91. The fourth-order valence-electron chi connectivity index (χ4n) is 7.51. The Morgan fingerprint density at radius 2 is 0.833 bits per heavy atom. The summed E-state index contributed by atoms with van der Waals surface area (Å²) >= 11 is 0. The molecule has 1 aromatic carbocycles. The number of hydrogen-bond acceptors (Lipinski definition) is 8. The maximum absolute atomic E-state index is 13.1. The molecule has 6 N–H and O–H groups in total. The lowest BCUT2D eigenvalue weighted by Crippen LogP contribution is -2.71. The van der Waals surface area contributed by atoms with Gasteiger partial charge in [-0.1, -0.05) is 0 Å². The lowest BCUT2D eigenvalue weighted by Gasteiger charge is -2.51. The van der Waals surface area contributed by atoms with Gasteiger partial charge in [0.15, 0.2) is 0 Å². The van der Waals surface area contributed by atoms with Crippen LogP contribution >= 0.6 is 0 Å². The number of carbonyl (C=O) groups is 4. The summed E-state index contributed by atoms with van der Waals surface area (Å²) in [6.07, 6.45) is 1.38. The number of benzene rings is 1. The van der Waals surface area contributed by atoms with Gasteiger partial charge in [-0.2, -0.15) is 0 Å². The molecule has 0 saturated carbocycles. The quantitative estimate of drug-likeness (QED) is 0.275. The summed E-state index contributed by atoms with van der Waals surface area (Å²) in [4.78, 5) is 52.0. The van der Waals surface area contributed by atoms with E-state index in [4.69, 9.17) is 9.47 Å². The zero-order valence-corrected chi connectivity index (χ0v) is 26.6. The number of esters is 2. The van der Waals surface area contributed by atoms with Crippen molar-refractivity contribution in [1.82, 2.24) is 21.3 Å². The highest BCUT2D eigenvalue weighted by molar-refractivity contribution is 5.96. The summed E-state index contributed by atoms with van der Waals surface area (Å²) in [5, 5.41) is 18.3. The third-order valence-electron chi connectivity index (χ3n) is 7.59. The SMILES string of the molecule is COC(=O)C1(NC(=O)Nc2ccc(NC(=O)NC3(C(=O)OC)CC(C)(C)NC(C)(C)C3)cc2)CC(C)(C)NC(C)(C)C1. The molecule has 2 saturated heterocycles. The van der Waals surface area contributed by atoms with Crippen LogP contribution < -0.4 is 31.9 Å². The Bertz CT molecular complexity index is 1080. The van der Waals surface area contributed by atoms with Gasteiger partial charge in [0.2, 0.25) is 0 Å². The molecule has 234 valence electrons. The molecule has 0 unspecified atom stereocenters. The molecule has 2 heterocycles. The van der Waals surface area contributed by atoms with Crippen LogP contribution in [0.4, 0.5) is 21.0 Å². The number of amides is 4. The first-order valence-corrected chi connectivity index (χ1v) is 14.2. The van der Waals surface area contributed by atoms with Crippen LogP contribution in [0.5, 0.6) is 0 Å². The highest BCUT2D eigenvalue weighted by atomic mass is 16.5. The lowest BCUT2D eigenvalue weighted by atomic mass is 9.70. The van der Waals surface area contributed by atoms with Gasteiger partial charge in [0.05, 0.1) is 14.2 Å². The molecule has 42 heavy (non-hydrogen) atoms. The Morgan fingerprint density at radius 1 is 0.571 bits per heavy atom. The number of piperidine rings is 2. The normalized spacial score (nSPS) is 22.5. The number of carbonyl (C=O) groups excluding carboxylic acids is 4. The van der Waals surface area contributed by atoms with Crippen LogP contribution in [0.1, 0.15) is 81.1 Å². The molecule has 12 nitrogen and oxygen atoms in total. The molecule has 0 atom stereocenters. The van der Waals surface area contributed by atoms with Crippen molar-refractivity contribution in [2.45, 2.75) is 114 Å². The van der Waals surface area contributed by atoms with Gasteiger partial charge in [0.25, 0.3) is 0 Å². The van der Waals surface area contributed by atoms with E-state index in [0.717, 1.165) is 0 Å². The number of ether oxygens (including phenoxy) is 2. The second-order valence-corrected chi connectivity index (χ2v) is 14.4. The largest absolute Gasteiger partial charge is 0.467 e. The van der Waals surface area contributed by atoms with Crippen molar-refractivity contribution in [3.63, 3.8) is 0 Å². The van der Waals surface area contributed by atoms with E-state index < -0.39 is 57.2 Å². The summed E-state index contributed by atoms with van der Waals surface area (Å²) in [6, 6.07) is 5.41. The van der Waals surface area contributed by atoms with Crippen molar-refractivity contribution in [2.75, 3.05) is 24.9 Å². The highest BCUT2D eigenvalue weighted by Gasteiger charge is 2.54. The molecule has 12 heteroatoms. The van der Waals surface area contributed by atoms with Gasteiger partial charge in [0.1, 0.15) is 11.1 Å². The predicted molar refractivity (Wildman–Crippen MR) is 161 cm³/mol. The van der Waals surface area contributed by atoms with E-state index in [2.05, 4.69) is 31.9 Å². The fourth-order valence-corrected chi connectivity index (χ4v) is 7.51. The van der Waals surface area contributed by atoms with E-state index >= 15 is 0 Å². The third-order valence-corrected chi connectivity index (χ3v) is 7.59. The molecular weight excluding hydrogens is 540 g/mol. The fraction of sp³-hybridized carbons (Fsp3) is 0.667. The number of nitrogens with one attached hydrogen (secondary N) is 6. The number of anilines is 2. The molecule has 2 aliphatic heterocycles. The predicted octanol–water partition coefficient (Wildman–Crippen LogP) is 3.63. The molecule has 2 aliphatic rings. The Labute approximate surface area is 248 Å². The summed E-state index contributed by atoms with van der Waals surface area (Å²) in [5.74, 6) is -1.01. The second-order valence-electron chi connectivity index (χ2n) is 14.4. The van der Waals surface area contributed by atoms with Gasteiger partial charge in [-0.05, 0) is 105 Å². The van der Waals surface area contributed by atoms with E-state index in [1.807, 2.05) is 55.4 Å². The second kappa shape index (κ2) is 11.4. The average molecular weight is 589 g/mol. The van der Waals surface area contributed by atoms with Crippen LogP contribution in [0, 0.1) is 0 Å². The zero-order valence-electron chi connectivity index (χ0n) is 26.6. The first kappa shape index (κ1) is 33.1. The van der Waals surface area contributed by atoms with Crippen molar-refractivity contribution in [2.24, 2.45) is 0 Å². The first-order chi connectivity index (χ1) is 19.1. The van der Waals surface area contributed by atoms with Gasteiger partial charge in [-0.25, -0.2) is 19.2 Å². The summed E-state index contributed by atoms with van der Waals surface area (Å²) in [5.41, 5.74) is -3.23. The van der Waals surface area contributed by atoms with Crippen molar-refractivity contribution in [3.8, 4) is 0 Å². The molecule has 0 aromatic heterocycles. The molecule has 1 aromatic rings. The van der Waals surface area contributed by atoms with Crippen molar-refractivity contribution in [3.05, 3.63) is 24.3 Å². The average Bonchev–Trinajstić information content (AvgIpc) is 2.79. The van der Waals surface area contributed by atoms with Crippen LogP contribution in [0.3, 0.4) is 0 Å². The number of methoxy groups -OCH3 is 2. The van der Waals surface area contributed by atoms with Gasteiger partial charge in [-0.3, -0.25) is 0 Å². The van der Waals surface area contributed by atoms with Crippen LogP contribution in [-0.4, -0.2) is 71.5 Å². The minimum atomic E-state index is -1.22. The maximum atomic E-state index is 13.1. The Balaban J connectivity index is 1.69. The van der Waals surface area contributed by atoms with Crippen molar-refractivity contribution >= 4 is 35.4 Å². The molecule has 0 bridgehead atoms. The van der Waals surface area contributed by atoms with Gasteiger partial charge in [0, 0.05) is 33.5 Å². The van der Waals surface area contributed by atoms with E-state index in [1.165, 1.54) is 14.2 Å². The van der Waals surface area contributed by atoms with E-state index in [9.17, 15) is 19.2 Å². The van der Waals surface area contributed by atoms with Crippen molar-refractivity contribution < 1.29 is 28.7 Å². The Kier molecular flexibility index (Phi) is 8.97. The summed E-state index contributed by atoms with van der Waals surface area (Å²) in [6.45, 7) is 15.8. The summed E-state index contributed by atoms with van der Waals surface area (Å²) < 4.78 is 10.2. The zero-order chi connectivity index (χ0) is 31.8. The first-order valence-electron chi connectivity index (χ1n) is 14.2. The molecular formula is C30H48N6O6. The Hall–Kier alpha value is -3.38. The van der Waals surface area contributed by atoms with E-state index in [1.54, 1.807) is 24.3 Å². The van der Waals surface area contributed by atoms with Crippen LogP contribution in [0.2, 0.25) is 0 Å². The van der Waals surface area contributed by atoms with Crippen LogP contribution in [-0.2, 0) is 19.1 Å². The maximum Gasteiger partial charge on any atom is 0.331 e. The molecule has 0 spiro atoms. The minimum Gasteiger partial charge on any atom is -0.467 e. The minimum absolute atomic E-state index is 0.346. The molecule has 3 rings (SSSR count). The van der Waals surface area contributed by atoms with Crippen LogP contribution in [0.15, 0.2) is 24.3 Å². The Morgan fingerprint density at radius 3 is 1.07 bits per heavy atom. The topological polar surface area (TPSA) is 159 Å². The lowest BCUT2D eigenvalue weighted by molar-refractivity contribution is -0.152. The van der Waals surface area contributed by atoms with Gasteiger partial charge >= 0.3 is 24.0 Å². The van der Waals surface area contributed by atoms with Gasteiger partial charge in [-0.15, -0.1) is 0 Å². The monoisotopic (exact) mass is 588 g/mol. The smallest absolute Gasteiger partial charge is 0.331 e. The molecule has 4 amide bonds. The highest BCUT2D eigenvalue weighted by Crippen LogP contribution is 2.38. The molecule has 2 fully saturated rings. The van der Waals surface area contributed by atoms with Gasteiger partial charge < -0.3 is 41.4 Å². The van der Waals surface area contributed by atoms with E-state index in [-0.39, 0.29) is 0 Å². The molecule has 0 aliphatic carbocycles. The standard InChI is InChI=1S/C30H48N6O6/c1-25(2)15-29(21(37)41-9,16-26(3,4)35-25)33-23(39)31-19-11-13-20(14-12-19)32-24(40)34-30(22(38)42-10)17-27(5,6)36-28(7,8)18-30/h11-14,35-36H,15-18H2,1-10H3,(H2,31,33,39)(H2,32,34,40). The molecule has 0 radical (unpaired) electrons.